The molecule has 0 bridgehead atoms. The van der Waals surface area contributed by atoms with Crippen molar-refractivity contribution in [2.75, 3.05) is 33.3 Å². The fraction of sp³-hybridized carbons (Fsp3) is 0.217. The van der Waals surface area contributed by atoms with Crippen molar-refractivity contribution in [1.82, 2.24) is 0 Å². The van der Waals surface area contributed by atoms with Crippen molar-refractivity contribution in [3.63, 3.8) is 0 Å². The first-order valence-corrected chi connectivity index (χ1v) is 9.76. The van der Waals surface area contributed by atoms with Crippen LogP contribution in [0.2, 0.25) is 0 Å². The first-order valence-electron chi connectivity index (χ1n) is 9.76. The Bertz CT molecular complexity index is 1100. The summed E-state index contributed by atoms with van der Waals surface area (Å²) in [5, 5.41) is 2.40. The van der Waals surface area contributed by atoms with Gasteiger partial charge in [0.1, 0.15) is 0 Å². The van der Waals surface area contributed by atoms with Crippen molar-refractivity contribution in [2.24, 2.45) is 0 Å². The minimum atomic E-state index is -3.03. The number of benzene rings is 2. The number of carbonyl (C=O) groups excluding carboxylic acids is 4. The van der Waals surface area contributed by atoms with E-state index in [9.17, 15) is 28.0 Å². The van der Waals surface area contributed by atoms with Gasteiger partial charge in [-0.25, -0.2) is 14.4 Å². The van der Waals surface area contributed by atoms with Gasteiger partial charge in [-0.3, -0.25) is 4.79 Å². The normalized spacial score (nSPS) is 10.6. The van der Waals surface area contributed by atoms with Crippen molar-refractivity contribution in [2.45, 2.75) is 6.61 Å². The molecule has 0 spiro atoms. The molecular formula is C23H21F2NO9. The van der Waals surface area contributed by atoms with Gasteiger partial charge in [0, 0.05) is 11.8 Å². The second kappa shape index (κ2) is 12.7. The predicted molar refractivity (Wildman–Crippen MR) is 117 cm³/mol. The van der Waals surface area contributed by atoms with Crippen LogP contribution in [-0.2, 0) is 23.8 Å². The Morgan fingerprint density at radius 3 is 2.09 bits per heavy atom. The first-order chi connectivity index (χ1) is 16.7. The predicted octanol–water partition coefficient (Wildman–Crippen LogP) is 3.06. The van der Waals surface area contributed by atoms with Gasteiger partial charge in [-0.15, -0.1) is 0 Å². The number of amides is 1. The molecule has 1 amide bonds. The Kier molecular flexibility index (Phi) is 9.70. The smallest absolute Gasteiger partial charge is 0.387 e. The van der Waals surface area contributed by atoms with Crippen molar-refractivity contribution in [3.05, 3.63) is 59.2 Å². The number of hydrogen-bond donors (Lipinski definition) is 1. The second-order valence-electron chi connectivity index (χ2n) is 6.56. The van der Waals surface area contributed by atoms with Crippen LogP contribution in [0.25, 0.3) is 6.08 Å². The topological polar surface area (TPSA) is 126 Å². The summed E-state index contributed by atoms with van der Waals surface area (Å²) in [5.41, 5.74) is 0.472. The summed E-state index contributed by atoms with van der Waals surface area (Å²) in [6, 6.07) is 7.79. The van der Waals surface area contributed by atoms with Gasteiger partial charge in [0.25, 0.3) is 5.91 Å². The van der Waals surface area contributed by atoms with Crippen LogP contribution in [0.3, 0.4) is 0 Å². The highest BCUT2D eigenvalue weighted by Crippen LogP contribution is 2.29. The zero-order valence-corrected chi connectivity index (χ0v) is 18.8. The highest BCUT2D eigenvalue weighted by atomic mass is 19.3. The van der Waals surface area contributed by atoms with Gasteiger partial charge in [-0.2, -0.15) is 8.78 Å². The Morgan fingerprint density at radius 2 is 1.54 bits per heavy atom. The van der Waals surface area contributed by atoms with Crippen LogP contribution >= 0.6 is 0 Å². The fourth-order valence-corrected chi connectivity index (χ4v) is 2.70. The van der Waals surface area contributed by atoms with E-state index in [-0.39, 0.29) is 28.3 Å². The maximum atomic E-state index is 12.4. The van der Waals surface area contributed by atoms with Crippen molar-refractivity contribution >= 4 is 35.6 Å². The molecule has 0 saturated carbocycles. The lowest BCUT2D eigenvalue weighted by atomic mass is 10.1. The van der Waals surface area contributed by atoms with Gasteiger partial charge in [-0.05, 0) is 42.0 Å². The summed E-state index contributed by atoms with van der Waals surface area (Å²) < 4.78 is 48.2. The zero-order valence-electron chi connectivity index (χ0n) is 18.8. The number of anilines is 1. The molecule has 0 saturated heterocycles. The highest BCUT2D eigenvalue weighted by Gasteiger charge is 2.16. The van der Waals surface area contributed by atoms with Crippen LogP contribution in [-0.4, -0.2) is 58.4 Å². The van der Waals surface area contributed by atoms with Gasteiger partial charge in [-0.1, -0.05) is 6.07 Å². The summed E-state index contributed by atoms with van der Waals surface area (Å²) in [4.78, 5) is 47.7. The average molecular weight is 493 g/mol. The van der Waals surface area contributed by atoms with E-state index in [1.165, 1.54) is 49.6 Å². The van der Waals surface area contributed by atoms with Gasteiger partial charge in [0.15, 0.2) is 18.1 Å². The maximum Gasteiger partial charge on any atom is 0.387 e. The molecular weight excluding hydrogens is 472 g/mol. The number of hydrogen-bond acceptors (Lipinski definition) is 9. The molecule has 186 valence electrons. The molecule has 0 aliphatic heterocycles. The van der Waals surface area contributed by atoms with E-state index < -0.39 is 37.0 Å². The minimum absolute atomic E-state index is 0.00831. The summed E-state index contributed by atoms with van der Waals surface area (Å²) in [6.45, 7) is -3.70. The third kappa shape index (κ3) is 8.11. The number of carbonyl (C=O) groups is 4. The number of rotatable bonds is 10. The Morgan fingerprint density at radius 1 is 0.914 bits per heavy atom. The zero-order chi connectivity index (χ0) is 26.0. The largest absolute Gasteiger partial charge is 0.493 e. The number of nitrogens with one attached hydrogen (secondary N) is 1. The summed E-state index contributed by atoms with van der Waals surface area (Å²) in [5.74, 6) is -3.25. The summed E-state index contributed by atoms with van der Waals surface area (Å²) in [7, 11) is 3.57. The maximum absolute atomic E-state index is 12.4. The van der Waals surface area contributed by atoms with Gasteiger partial charge in [0.2, 0.25) is 0 Å². The number of methoxy groups -OCH3 is 3. The summed E-state index contributed by atoms with van der Waals surface area (Å²) in [6.07, 6.45) is 2.33. The Balaban J connectivity index is 2.00. The standard InChI is InChI=1S/C23H21F2NO9/c1-31-18-8-13(4-6-17(18)35-23(24)25)5-7-20(28)34-12-19(27)26-16-10-14(21(29)32-2)9-15(11-16)22(30)33-3/h4-11,23H,12H2,1-3H3,(H,26,27)/b7-5+. The van der Waals surface area contributed by atoms with E-state index in [0.717, 1.165) is 20.3 Å². The third-order valence-corrected chi connectivity index (χ3v) is 4.22. The monoisotopic (exact) mass is 493 g/mol. The molecule has 12 heteroatoms. The van der Waals surface area contributed by atoms with Crippen molar-refractivity contribution in [3.8, 4) is 11.5 Å². The Hall–Kier alpha value is -4.48. The van der Waals surface area contributed by atoms with Gasteiger partial charge >= 0.3 is 24.5 Å². The van der Waals surface area contributed by atoms with E-state index >= 15 is 0 Å². The van der Waals surface area contributed by atoms with Crippen LogP contribution in [0.15, 0.2) is 42.5 Å². The van der Waals surface area contributed by atoms with E-state index in [4.69, 9.17) is 9.47 Å². The third-order valence-electron chi connectivity index (χ3n) is 4.22. The van der Waals surface area contributed by atoms with Gasteiger partial charge in [0.05, 0.1) is 32.5 Å². The molecule has 10 nitrogen and oxygen atoms in total. The van der Waals surface area contributed by atoms with Crippen LogP contribution in [0.1, 0.15) is 26.3 Å². The quantitative estimate of drug-likeness (QED) is 0.302. The molecule has 2 aromatic carbocycles. The second-order valence-corrected chi connectivity index (χ2v) is 6.56. The molecule has 0 radical (unpaired) electrons. The average Bonchev–Trinajstić information content (AvgIpc) is 2.85. The lowest BCUT2D eigenvalue weighted by Gasteiger charge is -2.10. The molecule has 35 heavy (non-hydrogen) atoms. The molecule has 0 atom stereocenters. The number of halogens is 2. The van der Waals surface area contributed by atoms with Crippen LogP contribution in [0, 0.1) is 0 Å². The summed E-state index contributed by atoms with van der Waals surface area (Å²) >= 11 is 0. The van der Waals surface area contributed by atoms with E-state index in [2.05, 4.69) is 19.5 Å². The van der Waals surface area contributed by atoms with Crippen molar-refractivity contribution in [1.29, 1.82) is 0 Å². The van der Waals surface area contributed by atoms with E-state index in [1.807, 2.05) is 0 Å². The lowest BCUT2D eigenvalue weighted by Crippen LogP contribution is -2.20. The molecule has 0 fully saturated rings. The molecule has 0 heterocycles. The first kappa shape index (κ1) is 26.8. The number of ether oxygens (including phenoxy) is 5. The molecule has 0 aliphatic rings. The molecule has 2 aromatic rings. The van der Waals surface area contributed by atoms with Gasteiger partial charge < -0.3 is 29.0 Å². The molecule has 2 rings (SSSR count). The van der Waals surface area contributed by atoms with Crippen LogP contribution in [0.5, 0.6) is 11.5 Å². The van der Waals surface area contributed by atoms with E-state index in [1.54, 1.807) is 0 Å². The minimum Gasteiger partial charge on any atom is -0.493 e. The molecule has 0 aromatic heterocycles. The molecule has 1 N–H and O–H groups in total. The highest BCUT2D eigenvalue weighted by molar-refractivity contribution is 6.00. The van der Waals surface area contributed by atoms with Crippen molar-refractivity contribution < 1.29 is 51.6 Å². The van der Waals surface area contributed by atoms with Crippen LogP contribution < -0.4 is 14.8 Å². The molecule has 0 aliphatic carbocycles. The Labute approximate surface area is 198 Å². The van der Waals surface area contributed by atoms with E-state index in [0.29, 0.717) is 5.56 Å². The number of esters is 3. The SMILES string of the molecule is COC(=O)c1cc(NC(=O)COC(=O)/C=C/c2ccc(OC(F)F)c(OC)c2)cc(C(=O)OC)c1. The fourth-order valence-electron chi connectivity index (χ4n) is 2.70. The number of alkyl halides is 2. The van der Waals surface area contributed by atoms with Crippen LogP contribution in [0.4, 0.5) is 14.5 Å². The molecule has 0 unspecified atom stereocenters. The lowest BCUT2D eigenvalue weighted by molar-refractivity contribution is -0.142.